The summed E-state index contributed by atoms with van der Waals surface area (Å²) in [6.07, 6.45) is 5.54. The van der Waals surface area contributed by atoms with Gasteiger partial charge in [0.05, 0.1) is 6.42 Å². The molecule has 0 N–H and O–H groups in total. The topological polar surface area (TPSA) is 52.6 Å². The van der Waals surface area contributed by atoms with E-state index in [-0.39, 0.29) is 19.6 Å². The number of ether oxygens (including phenoxy) is 2. The van der Waals surface area contributed by atoms with Crippen LogP contribution < -0.4 is 0 Å². The maximum atomic E-state index is 10.9. The lowest BCUT2D eigenvalue weighted by Crippen LogP contribution is -2.03. The van der Waals surface area contributed by atoms with E-state index < -0.39 is 11.9 Å². The second-order valence-corrected chi connectivity index (χ2v) is 2.50. The Morgan fingerprint density at radius 1 is 1.07 bits per heavy atom. The third kappa shape index (κ3) is 8.49. The molecule has 0 unspecified atom stereocenters. The molecule has 0 saturated carbocycles. The first-order valence-corrected chi connectivity index (χ1v) is 4.41. The van der Waals surface area contributed by atoms with Gasteiger partial charge in [0.1, 0.15) is 13.2 Å². The van der Waals surface area contributed by atoms with E-state index in [2.05, 4.69) is 22.6 Å². The fraction of sp³-hybridized carbons (Fsp3) is 0.273. The zero-order chi connectivity index (χ0) is 11.5. The van der Waals surface area contributed by atoms with Crippen LogP contribution in [0.4, 0.5) is 0 Å². The van der Waals surface area contributed by atoms with Crippen LogP contribution in [0.1, 0.15) is 6.42 Å². The summed E-state index contributed by atoms with van der Waals surface area (Å²) in [6.45, 7) is 7.12. The molecule has 0 fully saturated rings. The van der Waals surface area contributed by atoms with Gasteiger partial charge in [0.15, 0.2) is 0 Å². The SMILES string of the molecule is C=CCOC(=O)/C=C/CC(=O)OCC=C. The van der Waals surface area contributed by atoms with Crippen molar-refractivity contribution in [3.05, 3.63) is 37.5 Å². The standard InChI is InChI=1S/C11H14O4/c1-3-8-14-10(12)6-5-7-11(13)15-9-4-2/h3-6H,1-2,7-9H2/b6-5+. The fourth-order valence-electron chi connectivity index (χ4n) is 0.651. The van der Waals surface area contributed by atoms with Crippen molar-refractivity contribution in [3.8, 4) is 0 Å². The van der Waals surface area contributed by atoms with Gasteiger partial charge in [-0.15, -0.1) is 0 Å². The smallest absolute Gasteiger partial charge is 0.330 e. The fourth-order valence-corrected chi connectivity index (χ4v) is 0.651. The molecule has 0 radical (unpaired) electrons. The lowest BCUT2D eigenvalue weighted by atomic mass is 10.4. The molecule has 0 amide bonds. The van der Waals surface area contributed by atoms with Gasteiger partial charge in [-0.25, -0.2) is 4.79 Å². The van der Waals surface area contributed by atoms with Gasteiger partial charge in [-0.3, -0.25) is 4.79 Å². The highest BCUT2D eigenvalue weighted by atomic mass is 16.5. The molecule has 0 bridgehead atoms. The van der Waals surface area contributed by atoms with E-state index in [1.165, 1.54) is 24.3 Å². The van der Waals surface area contributed by atoms with Gasteiger partial charge in [-0.2, -0.15) is 0 Å². The Morgan fingerprint density at radius 3 is 2.27 bits per heavy atom. The summed E-state index contributed by atoms with van der Waals surface area (Å²) in [5.74, 6) is -0.922. The summed E-state index contributed by atoms with van der Waals surface area (Å²) in [5, 5.41) is 0. The summed E-state index contributed by atoms with van der Waals surface area (Å²) in [6, 6.07) is 0. The van der Waals surface area contributed by atoms with Gasteiger partial charge in [-0.05, 0) is 0 Å². The largest absolute Gasteiger partial charge is 0.461 e. The van der Waals surface area contributed by atoms with Crippen molar-refractivity contribution < 1.29 is 19.1 Å². The first kappa shape index (κ1) is 13.2. The van der Waals surface area contributed by atoms with Crippen molar-refractivity contribution in [1.29, 1.82) is 0 Å². The zero-order valence-electron chi connectivity index (χ0n) is 8.48. The number of rotatable bonds is 7. The molecular formula is C11H14O4. The van der Waals surface area contributed by atoms with Crippen molar-refractivity contribution in [2.75, 3.05) is 13.2 Å². The zero-order valence-corrected chi connectivity index (χ0v) is 8.48. The first-order valence-electron chi connectivity index (χ1n) is 4.41. The number of carbonyl (C=O) groups is 2. The molecule has 0 aliphatic rings. The molecule has 4 heteroatoms. The van der Waals surface area contributed by atoms with Crippen LogP contribution in [0, 0.1) is 0 Å². The molecule has 0 aromatic heterocycles. The lowest BCUT2D eigenvalue weighted by Gasteiger charge is -1.97. The second-order valence-electron chi connectivity index (χ2n) is 2.50. The molecule has 0 saturated heterocycles. The normalized spacial score (nSPS) is 9.60. The molecule has 0 aromatic carbocycles. The van der Waals surface area contributed by atoms with E-state index in [1.54, 1.807) is 0 Å². The van der Waals surface area contributed by atoms with Crippen LogP contribution in [0.3, 0.4) is 0 Å². The predicted molar refractivity (Wildman–Crippen MR) is 56.1 cm³/mol. The molecular weight excluding hydrogens is 196 g/mol. The van der Waals surface area contributed by atoms with Crippen LogP contribution in [0.5, 0.6) is 0 Å². The Bertz CT molecular complexity index is 266. The molecule has 0 atom stereocenters. The van der Waals surface area contributed by atoms with Gasteiger partial charge in [-0.1, -0.05) is 31.4 Å². The van der Waals surface area contributed by atoms with Gasteiger partial charge in [0.2, 0.25) is 0 Å². The molecule has 0 rings (SSSR count). The van der Waals surface area contributed by atoms with Crippen LogP contribution in [0.25, 0.3) is 0 Å². The lowest BCUT2D eigenvalue weighted by molar-refractivity contribution is -0.141. The van der Waals surface area contributed by atoms with Crippen LogP contribution in [0.15, 0.2) is 37.5 Å². The molecule has 15 heavy (non-hydrogen) atoms. The van der Waals surface area contributed by atoms with E-state index in [1.807, 2.05) is 0 Å². The van der Waals surface area contributed by atoms with E-state index in [0.717, 1.165) is 0 Å². The van der Waals surface area contributed by atoms with Gasteiger partial charge >= 0.3 is 11.9 Å². The highest BCUT2D eigenvalue weighted by Gasteiger charge is 1.98. The average Bonchev–Trinajstić information content (AvgIpc) is 2.23. The third-order valence-electron chi connectivity index (χ3n) is 1.24. The summed E-state index contributed by atoms with van der Waals surface area (Å²) in [5.41, 5.74) is 0. The second kappa shape index (κ2) is 8.74. The van der Waals surface area contributed by atoms with Gasteiger partial charge < -0.3 is 9.47 Å². The van der Waals surface area contributed by atoms with Crippen molar-refractivity contribution in [2.24, 2.45) is 0 Å². The molecule has 4 nitrogen and oxygen atoms in total. The Labute approximate surface area is 88.9 Å². The van der Waals surface area contributed by atoms with Crippen molar-refractivity contribution in [1.82, 2.24) is 0 Å². The van der Waals surface area contributed by atoms with Crippen LogP contribution >= 0.6 is 0 Å². The minimum atomic E-state index is -0.508. The molecule has 0 aromatic rings. The summed E-state index contributed by atoms with van der Waals surface area (Å²) in [7, 11) is 0. The maximum Gasteiger partial charge on any atom is 0.330 e. The van der Waals surface area contributed by atoms with E-state index in [9.17, 15) is 9.59 Å². The minimum absolute atomic E-state index is 0.0387. The van der Waals surface area contributed by atoms with Gasteiger partial charge in [0, 0.05) is 6.08 Å². The van der Waals surface area contributed by atoms with Gasteiger partial charge in [0.25, 0.3) is 0 Å². The van der Waals surface area contributed by atoms with Crippen LogP contribution in [0.2, 0.25) is 0 Å². The molecule has 0 aliphatic carbocycles. The quantitative estimate of drug-likeness (QED) is 0.362. The third-order valence-corrected chi connectivity index (χ3v) is 1.24. The van der Waals surface area contributed by atoms with Crippen molar-refractivity contribution in [3.63, 3.8) is 0 Å². The van der Waals surface area contributed by atoms with Crippen LogP contribution in [-0.4, -0.2) is 25.2 Å². The van der Waals surface area contributed by atoms with E-state index in [4.69, 9.17) is 0 Å². The Kier molecular flexibility index (Phi) is 7.67. The minimum Gasteiger partial charge on any atom is -0.461 e. The molecule has 82 valence electrons. The number of hydrogen-bond acceptors (Lipinski definition) is 4. The average molecular weight is 210 g/mol. The molecule has 0 heterocycles. The van der Waals surface area contributed by atoms with E-state index >= 15 is 0 Å². The number of esters is 2. The summed E-state index contributed by atoms with van der Waals surface area (Å²) >= 11 is 0. The molecule has 0 aliphatic heterocycles. The monoisotopic (exact) mass is 210 g/mol. The Morgan fingerprint density at radius 2 is 1.67 bits per heavy atom. The van der Waals surface area contributed by atoms with Crippen LogP contribution in [-0.2, 0) is 19.1 Å². The van der Waals surface area contributed by atoms with Crippen molar-refractivity contribution >= 4 is 11.9 Å². The maximum absolute atomic E-state index is 10.9. The van der Waals surface area contributed by atoms with E-state index in [0.29, 0.717) is 0 Å². The summed E-state index contributed by atoms with van der Waals surface area (Å²) < 4.78 is 9.32. The first-order chi connectivity index (χ1) is 7.20. The predicted octanol–water partition coefficient (Wildman–Crippen LogP) is 1.39. The highest BCUT2D eigenvalue weighted by Crippen LogP contribution is 1.90. The van der Waals surface area contributed by atoms with Crippen molar-refractivity contribution in [2.45, 2.75) is 6.42 Å². The number of carbonyl (C=O) groups excluding carboxylic acids is 2. The molecule has 0 spiro atoms. The number of hydrogen-bond donors (Lipinski definition) is 0. The Balaban J connectivity index is 3.68. The Hall–Kier alpha value is -1.84. The highest BCUT2D eigenvalue weighted by molar-refractivity contribution is 5.83. The summed E-state index contributed by atoms with van der Waals surface area (Å²) in [4.78, 5) is 21.8.